The predicted molar refractivity (Wildman–Crippen MR) is 105 cm³/mol. The van der Waals surface area contributed by atoms with Crippen LogP contribution in [0.4, 0.5) is 0 Å². The second kappa shape index (κ2) is 7.08. The van der Waals surface area contributed by atoms with E-state index < -0.39 is 0 Å². The number of aryl methyl sites for hydroxylation is 2. The molecule has 2 aromatic rings. The van der Waals surface area contributed by atoms with Crippen molar-refractivity contribution >= 4 is 5.91 Å². The Labute approximate surface area is 160 Å². The van der Waals surface area contributed by atoms with Gasteiger partial charge in [0.2, 0.25) is 0 Å². The maximum atomic E-state index is 13.1. The van der Waals surface area contributed by atoms with Gasteiger partial charge in [0.1, 0.15) is 11.8 Å². The fourth-order valence-electron chi connectivity index (χ4n) is 3.77. The maximum absolute atomic E-state index is 13.1. The zero-order valence-corrected chi connectivity index (χ0v) is 16.0. The second-order valence-corrected chi connectivity index (χ2v) is 7.31. The minimum Gasteiger partial charge on any atom is -0.497 e. The number of amides is 1. The molecule has 2 heterocycles. The van der Waals surface area contributed by atoms with Crippen molar-refractivity contribution in [2.45, 2.75) is 38.9 Å². The van der Waals surface area contributed by atoms with Gasteiger partial charge in [-0.2, -0.15) is 0 Å². The number of hydrogen-bond acceptors (Lipinski definition) is 4. The number of hydrogen-bond donors (Lipinski definition) is 1. The zero-order chi connectivity index (χ0) is 19.0. The van der Waals surface area contributed by atoms with E-state index in [4.69, 9.17) is 4.74 Å². The van der Waals surface area contributed by atoms with Gasteiger partial charge in [-0.25, -0.2) is 5.43 Å². The molecule has 4 rings (SSSR count). The molecule has 0 radical (unpaired) electrons. The molecule has 2 unspecified atom stereocenters. The molecule has 2 aromatic carbocycles. The molecule has 1 N–H and O–H groups in total. The van der Waals surface area contributed by atoms with Crippen LogP contribution in [0, 0.1) is 13.8 Å². The highest BCUT2D eigenvalue weighted by atomic mass is 16.5. The lowest BCUT2D eigenvalue weighted by atomic mass is 10.00. The maximum Gasteiger partial charge on any atom is 0.251 e. The molecule has 5 heteroatoms. The van der Waals surface area contributed by atoms with Gasteiger partial charge in [0.05, 0.1) is 19.7 Å². The molecule has 2 atom stereocenters. The van der Waals surface area contributed by atoms with Crippen LogP contribution in [0.25, 0.3) is 0 Å². The first kappa shape index (κ1) is 17.6. The van der Waals surface area contributed by atoms with Gasteiger partial charge < -0.3 is 14.6 Å². The Morgan fingerprint density at radius 1 is 1.11 bits per heavy atom. The number of nitrogens with zero attached hydrogens (tertiary/aromatic N) is 2. The molecule has 0 spiro atoms. The molecule has 27 heavy (non-hydrogen) atoms. The first-order chi connectivity index (χ1) is 13.0. The van der Waals surface area contributed by atoms with E-state index >= 15 is 0 Å². The Morgan fingerprint density at radius 2 is 1.89 bits per heavy atom. The van der Waals surface area contributed by atoms with E-state index in [-0.39, 0.29) is 18.0 Å². The molecule has 0 bridgehead atoms. The number of rotatable bonds is 4. The lowest BCUT2D eigenvalue weighted by molar-refractivity contribution is -0.134. The van der Waals surface area contributed by atoms with Crippen molar-refractivity contribution in [2.75, 3.05) is 7.11 Å². The highest BCUT2D eigenvalue weighted by Crippen LogP contribution is 2.32. The van der Waals surface area contributed by atoms with E-state index in [2.05, 4.69) is 49.6 Å². The first-order valence-corrected chi connectivity index (χ1v) is 9.28. The number of nitrogens with one attached hydrogen (secondary N) is 1. The van der Waals surface area contributed by atoms with Gasteiger partial charge in [-0.15, -0.1) is 0 Å². The van der Waals surface area contributed by atoms with Crippen LogP contribution in [0.3, 0.4) is 0 Å². The highest BCUT2D eigenvalue weighted by Gasteiger charge is 2.39. The molecule has 140 valence electrons. The molecule has 1 saturated heterocycles. The quantitative estimate of drug-likeness (QED) is 0.904. The van der Waals surface area contributed by atoms with Gasteiger partial charge in [-0.3, -0.25) is 4.79 Å². The summed E-state index contributed by atoms with van der Waals surface area (Å²) in [7, 11) is 1.66. The van der Waals surface area contributed by atoms with Crippen molar-refractivity contribution in [1.82, 2.24) is 15.3 Å². The van der Waals surface area contributed by atoms with Crippen LogP contribution in [0.1, 0.15) is 34.7 Å². The average molecular weight is 363 g/mol. The molecular formula is C22H25N3O2. The van der Waals surface area contributed by atoms with Gasteiger partial charge in [0.25, 0.3) is 5.91 Å². The third-order valence-electron chi connectivity index (χ3n) is 5.44. The molecule has 2 aliphatic heterocycles. The molecule has 0 saturated carbocycles. The number of fused-ring (bicyclic) bond motifs is 1. The third-order valence-corrected chi connectivity index (χ3v) is 5.44. The Kier molecular flexibility index (Phi) is 4.62. The Bertz CT molecular complexity index is 876. The van der Waals surface area contributed by atoms with Crippen LogP contribution in [-0.2, 0) is 11.3 Å². The van der Waals surface area contributed by atoms with Crippen molar-refractivity contribution in [1.29, 1.82) is 0 Å². The normalized spacial score (nSPS) is 21.5. The summed E-state index contributed by atoms with van der Waals surface area (Å²) in [4.78, 5) is 14.9. The predicted octanol–water partition coefficient (Wildman–Crippen LogP) is 3.45. The summed E-state index contributed by atoms with van der Waals surface area (Å²) >= 11 is 0. The molecule has 2 aliphatic rings. The molecule has 1 amide bonds. The van der Waals surface area contributed by atoms with E-state index in [1.54, 1.807) is 7.11 Å². The van der Waals surface area contributed by atoms with Gasteiger partial charge in [-0.1, -0.05) is 35.9 Å². The van der Waals surface area contributed by atoms with Crippen molar-refractivity contribution in [3.63, 3.8) is 0 Å². The standard InChI is InChI=1S/C22H25N3O2/c1-15-4-5-16(2)18(12-15)14-24-10-11-25-21(22(24)26)13-20(23-25)17-6-8-19(27-3)9-7-17/h4-12,20-21,23H,13-14H2,1-3H3. The Balaban J connectivity index is 1.49. The first-order valence-electron chi connectivity index (χ1n) is 9.28. The summed E-state index contributed by atoms with van der Waals surface area (Å²) in [6.45, 7) is 4.79. The van der Waals surface area contributed by atoms with Crippen molar-refractivity contribution in [3.05, 3.63) is 77.1 Å². The lowest BCUT2D eigenvalue weighted by Gasteiger charge is -2.32. The largest absolute Gasteiger partial charge is 0.497 e. The summed E-state index contributed by atoms with van der Waals surface area (Å²) in [5, 5.41) is 1.94. The van der Waals surface area contributed by atoms with E-state index in [9.17, 15) is 4.79 Å². The van der Waals surface area contributed by atoms with Crippen molar-refractivity contribution < 1.29 is 9.53 Å². The van der Waals surface area contributed by atoms with Crippen LogP contribution >= 0.6 is 0 Å². The monoisotopic (exact) mass is 363 g/mol. The number of methoxy groups -OCH3 is 1. The van der Waals surface area contributed by atoms with E-state index in [1.165, 1.54) is 16.7 Å². The van der Waals surface area contributed by atoms with Crippen LogP contribution in [0.15, 0.2) is 54.9 Å². The molecular weight excluding hydrogens is 338 g/mol. The topological polar surface area (TPSA) is 44.8 Å². The smallest absolute Gasteiger partial charge is 0.251 e. The number of ether oxygens (including phenoxy) is 1. The summed E-state index contributed by atoms with van der Waals surface area (Å²) in [5.41, 5.74) is 8.22. The van der Waals surface area contributed by atoms with Gasteiger partial charge in [0, 0.05) is 12.4 Å². The van der Waals surface area contributed by atoms with Crippen molar-refractivity contribution in [2.24, 2.45) is 0 Å². The van der Waals surface area contributed by atoms with Gasteiger partial charge in [0.15, 0.2) is 0 Å². The van der Waals surface area contributed by atoms with E-state index in [0.717, 1.165) is 17.7 Å². The zero-order valence-electron chi connectivity index (χ0n) is 16.0. The third kappa shape index (κ3) is 3.43. The minimum absolute atomic E-state index is 0.121. The number of benzene rings is 2. The van der Waals surface area contributed by atoms with Crippen molar-refractivity contribution in [3.8, 4) is 5.75 Å². The summed E-state index contributed by atoms with van der Waals surface area (Å²) in [5.74, 6) is 0.979. The number of carbonyl (C=O) groups is 1. The molecule has 5 nitrogen and oxygen atoms in total. The lowest BCUT2D eigenvalue weighted by Crippen LogP contribution is -2.47. The van der Waals surface area contributed by atoms with Crippen LogP contribution in [0.5, 0.6) is 5.75 Å². The SMILES string of the molecule is COc1ccc(C2CC3C(=O)N(Cc4cc(C)ccc4C)C=CN3N2)cc1. The van der Waals surface area contributed by atoms with Crippen LogP contribution in [-0.4, -0.2) is 29.0 Å². The van der Waals surface area contributed by atoms with E-state index in [1.807, 2.05) is 34.4 Å². The number of hydrazine groups is 1. The number of carbonyl (C=O) groups excluding carboxylic acids is 1. The average Bonchev–Trinajstić information content (AvgIpc) is 3.12. The van der Waals surface area contributed by atoms with Crippen LogP contribution < -0.4 is 10.2 Å². The molecule has 0 aromatic heterocycles. The van der Waals surface area contributed by atoms with Gasteiger partial charge in [-0.05, 0) is 49.1 Å². The minimum atomic E-state index is -0.174. The fraction of sp³-hybridized carbons (Fsp3) is 0.318. The van der Waals surface area contributed by atoms with Crippen LogP contribution in [0.2, 0.25) is 0 Å². The molecule has 1 fully saturated rings. The van der Waals surface area contributed by atoms with E-state index in [0.29, 0.717) is 6.54 Å². The molecule has 0 aliphatic carbocycles. The Morgan fingerprint density at radius 3 is 2.63 bits per heavy atom. The fourth-order valence-corrected chi connectivity index (χ4v) is 3.77. The summed E-state index contributed by atoms with van der Waals surface area (Å²) < 4.78 is 5.23. The van der Waals surface area contributed by atoms with Gasteiger partial charge >= 0.3 is 0 Å². The second-order valence-electron chi connectivity index (χ2n) is 7.31. The summed E-state index contributed by atoms with van der Waals surface area (Å²) in [6.07, 6.45) is 4.60. The summed E-state index contributed by atoms with van der Waals surface area (Å²) in [6, 6.07) is 14.4. The Hall–Kier alpha value is -2.79. The highest BCUT2D eigenvalue weighted by molar-refractivity contribution is 5.84.